The fourth-order valence-electron chi connectivity index (χ4n) is 5.61. The lowest BCUT2D eigenvalue weighted by Gasteiger charge is -2.29. The van der Waals surface area contributed by atoms with Crippen molar-refractivity contribution in [1.82, 2.24) is 0 Å². The van der Waals surface area contributed by atoms with Crippen LogP contribution >= 0.6 is 0 Å². The van der Waals surface area contributed by atoms with Gasteiger partial charge in [0.25, 0.3) is 0 Å². The van der Waals surface area contributed by atoms with Gasteiger partial charge in [0.15, 0.2) is 5.71 Å². The van der Waals surface area contributed by atoms with Crippen molar-refractivity contribution in [3.8, 4) is 0 Å². The number of hydrogen-bond acceptors (Lipinski definition) is 0. The first-order valence-corrected chi connectivity index (χ1v) is 12.3. The van der Waals surface area contributed by atoms with Gasteiger partial charge in [0, 0.05) is 23.1 Å². The molecule has 1 nitrogen and oxygen atoms in total. The third kappa shape index (κ3) is 4.34. The zero-order valence-electron chi connectivity index (χ0n) is 21.1. The maximum atomic E-state index is 2.37. The van der Waals surface area contributed by atoms with Crippen LogP contribution in [-0.2, 0) is 10.8 Å². The molecule has 0 bridgehead atoms. The molecule has 1 aliphatic carbocycles. The standard InChI is InChI=1S/C32H38N/c1-24-22-23-25(31(2,3)27-18-13-12-17-26(24)27)16-10-8-7-9-11-21-30-32(4,5)28-19-14-15-20-29(28)33(30)6/h7-21,24H,22-23H2,1-6H3/q+1. The third-order valence-corrected chi connectivity index (χ3v) is 7.75. The minimum Gasteiger partial charge on any atom is -0.198 e. The maximum Gasteiger partial charge on any atom is 0.209 e. The minimum absolute atomic E-state index is 0.0223. The van der Waals surface area contributed by atoms with Crippen molar-refractivity contribution in [2.45, 2.75) is 64.2 Å². The second-order valence-corrected chi connectivity index (χ2v) is 10.6. The van der Waals surface area contributed by atoms with Gasteiger partial charge in [0.2, 0.25) is 5.69 Å². The summed E-state index contributed by atoms with van der Waals surface area (Å²) in [6.07, 6.45) is 17.7. The summed E-state index contributed by atoms with van der Waals surface area (Å²) < 4.78 is 2.31. The first-order chi connectivity index (χ1) is 15.7. The van der Waals surface area contributed by atoms with Crippen LogP contribution in [0.2, 0.25) is 0 Å². The summed E-state index contributed by atoms with van der Waals surface area (Å²) in [5.74, 6) is 0.613. The summed E-state index contributed by atoms with van der Waals surface area (Å²) in [4.78, 5) is 0. The molecular weight excluding hydrogens is 398 g/mol. The SMILES string of the molecule is CC1CCC(=CC=CC=CC=CC2=[N+](C)c3ccccc3C2(C)C)C(C)(C)c2ccccc21. The van der Waals surface area contributed by atoms with Crippen LogP contribution in [0.3, 0.4) is 0 Å². The summed E-state index contributed by atoms with van der Waals surface area (Å²) >= 11 is 0. The Balaban J connectivity index is 1.47. The van der Waals surface area contributed by atoms with Gasteiger partial charge in [-0.15, -0.1) is 0 Å². The van der Waals surface area contributed by atoms with E-state index < -0.39 is 0 Å². The van der Waals surface area contributed by atoms with Crippen molar-refractivity contribution in [2.24, 2.45) is 0 Å². The summed E-state index contributed by atoms with van der Waals surface area (Å²) in [6, 6.07) is 17.7. The normalized spacial score (nSPS) is 23.0. The van der Waals surface area contributed by atoms with Gasteiger partial charge in [-0.2, -0.15) is 4.58 Å². The Morgan fingerprint density at radius 3 is 2.18 bits per heavy atom. The molecule has 1 unspecified atom stereocenters. The molecule has 0 aromatic heterocycles. The van der Waals surface area contributed by atoms with Crippen LogP contribution in [0, 0.1) is 0 Å². The Kier molecular flexibility index (Phi) is 6.43. The molecule has 0 N–H and O–H groups in total. The average Bonchev–Trinajstić information content (AvgIpc) is 2.93. The smallest absolute Gasteiger partial charge is 0.198 e. The zero-order valence-corrected chi connectivity index (χ0v) is 21.1. The maximum absolute atomic E-state index is 2.37. The topological polar surface area (TPSA) is 3.01 Å². The van der Waals surface area contributed by atoms with Crippen LogP contribution in [-0.4, -0.2) is 17.3 Å². The van der Waals surface area contributed by atoms with Gasteiger partial charge in [0.1, 0.15) is 7.05 Å². The molecule has 170 valence electrons. The number of para-hydroxylation sites is 1. The first kappa shape index (κ1) is 23.2. The fraction of sp³-hybridized carbons (Fsp3) is 0.344. The number of hydrogen-bond donors (Lipinski definition) is 0. The van der Waals surface area contributed by atoms with Gasteiger partial charge < -0.3 is 0 Å². The molecular formula is C32H38N+. The number of benzene rings is 2. The molecule has 2 aromatic rings. The Labute approximate surface area is 200 Å². The molecule has 0 saturated carbocycles. The molecule has 0 amide bonds. The van der Waals surface area contributed by atoms with Crippen molar-refractivity contribution in [1.29, 1.82) is 0 Å². The molecule has 0 fully saturated rings. The van der Waals surface area contributed by atoms with Crippen molar-refractivity contribution in [3.05, 3.63) is 113 Å². The second kappa shape index (κ2) is 9.14. The van der Waals surface area contributed by atoms with E-state index in [1.54, 1.807) is 0 Å². The quantitative estimate of drug-likeness (QED) is 0.258. The Hall–Kier alpha value is -2.93. The largest absolute Gasteiger partial charge is 0.209 e. The van der Waals surface area contributed by atoms with E-state index >= 15 is 0 Å². The third-order valence-electron chi connectivity index (χ3n) is 7.75. The molecule has 2 aliphatic rings. The monoisotopic (exact) mass is 436 g/mol. The van der Waals surface area contributed by atoms with Gasteiger partial charge in [-0.05, 0) is 43.7 Å². The summed E-state index contributed by atoms with van der Waals surface area (Å²) in [6.45, 7) is 11.7. The second-order valence-electron chi connectivity index (χ2n) is 10.6. The highest BCUT2D eigenvalue weighted by Crippen LogP contribution is 2.43. The lowest BCUT2D eigenvalue weighted by Crippen LogP contribution is -2.26. The van der Waals surface area contributed by atoms with Crippen LogP contribution in [0.15, 0.2) is 96.6 Å². The number of allylic oxidation sites excluding steroid dienone is 8. The summed E-state index contributed by atoms with van der Waals surface area (Å²) in [5, 5.41) is 0. The summed E-state index contributed by atoms with van der Waals surface area (Å²) in [7, 11) is 2.16. The summed E-state index contributed by atoms with van der Waals surface area (Å²) in [5.41, 5.74) is 8.63. The average molecular weight is 437 g/mol. The van der Waals surface area contributed by atoms with E-state index in [1.807, 2.05) is 0 Å². The molecule has 0 saturated heterocycles. The van der Waals surface area contributed by atoms with Gasteiger partial charge in [-0.3, -0.25) is 0 Å². The van der Waals surface area contributed by atoms with Gasteiger partial charge in [0.05, 0.1) is 5.41 Å². The lowest BCUT2D eigenvalue weighted by atomic mass is 9.75. The molecule has 1 heterocycles. The molecule has 1 aliphatic heterocycles. The molecule has 2 aromatic carbocycles. The van der Waals surface area contributed by atoms with E-state index in [9.17, 15) is 0 Å². The van der Waals surface area contributed by atoms with Gasteiger partial charge in [-0.1, -0.05) is 105 Å². The van der Waals surface area contributed by atoms with E-state index in [4.69, 9.17) is 0 Å². The Bertz CT molecular complexity index is 1180. The number of rotatable bonds is 4. The van der Waals surface area contributed by atoms with Crippen molar-refractivity contribution in [3.63, 3.8) is 0 Å². The predicted molar refractivity (Wildman–Crippen MR) is 143 cm³/mol. The van der Waals surface area contributed by atoms with E-state index in [0.717, 1.165) is 6.42 Å². The number of nitrogens with zero attached hydrogens (tertiary/aromatic N) is 1. The molecule has 33 heavy (non-hydrogen) atoms. The minimum atomic E-state index is 0.0223. The van der Waals surface area contributed by atoms with Crippen molar-refractivity contribution < 1.29 is 4.58 Å². The molecule has 1 heteroatoms. The molecule has 0 radical (unpaired) electrons. The van der Waals surface area contributed by atoms with E-state index in [-0.39, 0.29) is 10.8 Å². The van der Waals surface area contributed by atoms with Crippen LogP contribution in [0.4, 0.5) is 5.69 Å². The van der Waals surface area contributed by atoms with Gasteiger partial charge in [-0.25, -0.2) is 0 Å². The lowest BCUT2D eigenvalue weighted by molar-refractivity contribution is -0.401. The van der Waals surface area contributed by atoms with E-state index in [0.29, 0.717) is 5.92 Å². The highest BCUT2D eigenvalue weighted by molar-refractivity contribution is 6.03. The van der Waals surface area contributed by atoms with Crippen LogP contribution in [0.1, 0.15) is 70.1 Å². The zero-order chi connectivity index (χ0) is 23.6. The van der Waals surface area contributed by atoms with E-state index in [1.165, 1.54) is 40.1 Å². The van der Waals surface area contributed by atoms with Crippen LogP contribution in [0.5, 0.6) is 0 Å². The Morgan fingerprint density at radius 2 is 1.42 bits per heavy atom. The van der Waals surface area contributed by atoms with Gasteiger partial charge >= 0.3 is 0 Å². The van der Waals surface area contributed by atoms with E-state index in [2.05, 4.69) is 137 Å². The highest BCUT2D eigenvalue weighted by Gasteiger charge is 2.42. The highest BCUT2D eigenvalue weighted by atomic mass is 15.0. The number of fused-ring (bicyclic) bond motifs is 2. The van der Waals surface area contributed by atoms with Crippen LogP contribution < -0.4 is 0 Å². The molecule has 1 atom stereocenters. The first-order valence-electron chi connectivity index (χ1n) is 12.3. The molecule has 4 rings (SSSR count). The Morgan fingerprint density at radius 1 is 0.788 bits per heavy atom. The van der Waals surface area contributed by atoms with Crippen LogP contribution in [0.25, 0.3) is 0 Å². The molecule has 0 spiro atoms. The van der Waals surface area contributed by atoms with Crippen molar-refractivity contribution in [2.75, 3.05) is 7.05 Å². The van der Waals surface area contributed by atoms with Crippen molar-refractivity contribution >= 4 is 11.4 Å². The predicted octanol–water partition coefficient (Wildman–Crippen LogP) is 8.16. The fourth-order valence-corrected chi connectivity index (χ4v) is 5.61.